The van der Waals surface area contributed by atoms with Crippen molar-refractivity contribution in [3.8, 4) is 5.75 Å². The summed E-state index contributed by atoms with van der Waals surface area (Å²) in [4.78, 5) is 4.69. The summed E-state index contributed by atoms with van der Waals surface area (Å²) in [6.07, 6.45) is 1.76. The number of rotatable bonds is 8. The Morgan fingerprint density at radius 3 is 2.77 bits per heavy atom. The maximum absolute atomic E-state index is 11.6. The highest BCUT2D eigenvalue weighted by atomic mass is 127. The van der Waals surface area contributed by atoms with E-state index in [0.29, 0.717) is 37.3 Å². The number of aliphatic imine (C=N–C) groups is 1. The highest BCUT2D eigenvalue weighted by molar-refractivity contribution is 14.0. The molecule has 1 aromatic rings. The van der Waals surface area contributed by atoms with Crippen LogP contribution in [-0.4, -0.2) is 58.8 Å². The smallest absolute Gasteiger partial charge is 0.191 e. The Balaban J connectivity index is 0.00000320. The van der Waals surface area contributed by atoms with Gasteiger partial charge in [0.25, 0.3) is 0 Å². The van der Waals surface area contributed by atoms with Crippen LogP contribution in [0, 0.1) is 18.8 Å². The molecule has 0 aromatic heterocycles. The number of hydrogen-bond acceptors (Lipinski definition) is 5. The normalized spacial score (nSPS) is 23.1. The summed E-state index contributed by atoms with van der Waals surface area (Å²) in [5, 5.41) is 6.53. The van der Waals surface area contributed by atoms with Crippen LogP contribution < -0.4 is 15.4 Å². The number of guanidine groups is 1. The van der Waals surface area contributed by atoms with Gasteiger partial charge in [0.2, 0.25) is 0 Å². The molecule has 2 aliphatic heterocycles. The van der Waals surface area contributed by atoms with E-state index in [9.17, 15) is 8.42 Å². The molecule has 2 aliphatic rings. The minimum atomic E-state index is -2.86. The van der Waals surface area contributed by atoms with Crippen molar-refractivity contribution in [3.05, 3.63) is 29.3 Å². The zero-order chi connectivity index (χ0) is 20.7. The molecule has 0 bridgehead atoms. The summed E-state index contributed by atoms with van der Waals surface area (Å²) in [6.45, 7) is 8.17. The first-order valence-electron chi connectivity index (χ1n) is 10.5. The summed E-state index contributed by atoms with van der Waals surface area (Å²) >= 11 is 0. The number of sulfone groups is 1. The van der Waals surface area contributed by atoms with Crippen molar-refractivity contribution in [3.63, 3.8) is 0 Å². The molecule has 1 aromatic carbocycles. The topological polar surface area (TPSA) is 89.0 Å². The molecule has 2 N–H and O–H groups in total. The Hall–Kier alpha value is -1.07. The number of aryl methyl sites for hydroxylation is 1. The van der Waals surface area contributed by atoms with E-state index < -0.39 is 9.84 Å². The van der Waals surface area contributed by atoms with E-state index in [1.165, 1.54) is 0 Å². The number of ether oxygens (including phenoxy) is 2. The van der Waals surface area contributed by atoms with Gasteiger partial charge in [0.15, 0.2) is 15.8 Å². The van der Waals surface area contributed by atoms with Crippen LogP contribution in [0.3, 0.4) is 0 Å². The average Bonchev–Trinajstić information content (AvgIpc) is 3.32. The first-order valence-corrected chi connectivity index (χ1v) is 12.3. The van der Waals surface area contributed by atoms with Crippen LogP contribution >= 0.6 is 24.0 Å². The predicted molar refractivity (Wildman–Crippen MR) is 131 cm³/mol. The van der Waals surface area contributed by atoms with Gasteiger partial charge in [0.05, 0.1) is 31.3 Å². The molecule has 2 fully saturated rings. The number of hydrogen-bond donors (Lipinski definition) is 2. The average molecular weight is 551 g/mol. The molecule has 2 saturated heterocycles. The summed E-state index contributed by atoms with van der Waals surface area (Å²) in [7, 11) is -2.86. The van der Waals surface area contributed by atoms with Gasteiger partial charge in [-0.05, 0) is 44.2 Å². The van der Waals surface area contributed by atoms with Crippen LogP contribution in [0.1, 0.15) is 30.9 Å². The Morgan fingerprint density at radius 2 is 2.10 bits per heavy atom. The Labute approximate surface area is 197 Å². The predicted octanol–water partition coefficient (Wildman–Crippen LogP) is 2.52. The summed E-state index contributed by atoms with van der Waals surface area (Å²) in [5.41, 5.74) is 2.19. The van der Waals surface area contributed by atoms with Gasteiger partial charge in [0.1, 0.15) is 5.75 Å². The Kier molecular flexibility index (Phi) is 10.2. The van der Waals surface area contributed by atoms with Crippen molar-refractivity contribution in [1.82, 2.24) is 10.6 Å². The third kappa shape index (κ3) is 7.88. The van der Waals surface area contributed by atoms with Crippen molar-refractivity contribution in [2.45, 2.75) is 33.2 Å². The van der Waals surface area contributed by atoms with Gasteiger partial charge in [-0.15, -0.1) is 24.0 Å². The van der Waals surface area contributed by atoms with E-state index in [-0.39, 0.29) is 35.6 Å². The second-order valence-electron chi connectivity index (χ2n) is 8.00. The fraction of sp³-hybridized carbons (Fsp3) is 0.667. The third-order valence-electron chi connectivity index (χ3n) is 5.36. The lowest BCUT2D eigenvalue weighted by Gasteiger charge is -2.16. The molecule has 0 spiro atoms. The molecular weight excluding hydrogens is 517 g/mol. The van der Waals surface area contributed by atoms with Crippen LogP contribution in [0.25, 0.3) is 0 Å². The molecule has 0 amide bonds. The van der Waals surface area contributed by atoms with E-state index in [0.717, 1.165) is 49.5 Å². The molecule has 170 valence electrons. The van der Waals surface area contributed by atoms with Crippen LogP contribution in [0.2, 0.25) is 0 Å². The summed E-state index contributed by atoms with van der Waals surface area (Å²) < 4.78 is 34.8. The Morgan fingerprint density at radius 1 is 1.27 bits per heavy atom. The summed E-state index contributed by atoms with van der Waals surface area (Å²) in [6, 6.07) is 6.19. The van der Waals surface area contributed by atoms with Crippen molar-refractivity contribution in [2.75, 3.05) is 44.4 Å². The molecule has 9 heteroatoms. The van der Waals surface area contributed by atoms with Gasteiger partial charge in [0, 0.05) is 31.2 Å². The van der Waals surface area contributed by atoms with Gasteiger partial charge < -0.3 is 20.1 Å². The van der Waals surface area contributed by atoms with Gasteiger partial charge in [-0.3, -0.25) is 0 Å². The zero-order valence-electron chi connectivity index (χ0n) is 17.9. The van der Waals surface area contributed by atoms with E-state index in [4.69, 9.17) is 14.5 Å². The monoisotopic (exact) mass is 551 g/mol. The van der Waals surface area contributed by atoms with Crippen LogP contribution in [-0.2, 0) is 21.1 Å². The molecule has 2 unspecified atom stereocenters. The van der Waals surface area contributed by atoms with Crippen LogP contribution in [0.5, 0.6) is 5.75 Å². The minimum Gasteiger partial charge on any atom is -0.493 e. The van der Waals surface area contributed by atoms with Gasteiger partial charge in [-0.2, -0.15) is 0 Å². The number of nitrogens with one attached hydrogen (secondary N) is 2. The quantitative estimate of drug-likeness (QED) is 0.293. The maximum atomic E-state index is 11.6. The lowest BCUT2D eigenvalue weighted by atomic mass is 10.1. The van der Waals surface area contributed by atoms with Crippen molar-refractivity contribution >= 4 is 39.8 Å². The standard InChI is InChI=1S/C21H33N3O4S.HI/c1-3-22-21(23-11-17-7-9-29(25,26)15-17)24-12-19-5-4-16(2)10-20(19)28-14-18-6-8-27-13-18;/h4-5,10,17-18H,3,6-9,11-15H2,1-2H3,(H2,22,23,24);1H. The van der Waals surface area contributed by atoms with Gasteiger partial charge in [-0.25, -0.2) is 13.4 Å². The second-order valence-corrected chi connectivity index (χ2v) is 10.2. The number of halogens is 1. The molecule has 7 nitrogen and oxygen atoms in total. The lowest BCUT2D eigenvalue weighted by molar-refractivity contribution is 0.166. The fourth-order valence-corrected chi connectivity index (χ4v) is 5.49. The molecule has 0 radical (unpaired) electrons. The maximum Gasteiger partial charge on any atom is 0.191 e. The summed E-state index contributed by atoms with van der Waals surface area (Å²) in [5.74, 6) is 2.74. The first-order chi connectivity index (χ1) is 13.9. The second kappa shape index (κ2) is 12.1. The molecule has 0 saturated carbocycles. The van der Waals surface area contributed by atoms with Gasteiger partial charge in [-0.1, -0.05) is 12.1 Å². The molecule has 3 rings (SSSR count). The Bertz CT molecular complexity index is 810. The van der Waals surface area contributed by atoms with Crippen molar-refractivity contribution < 1.29 is 17.9 Å². The molecule has 30 heavy (non-hydrogen) atoms. The molecule has 2 atom stereocenters. The van der Waals surface area contributed by atoms with E-state index in [2.05, 4.69) is 35.8 Å². The zero-order valence-corrected chi connectivity index (χ0v) is 21.0. The molecular formula is C21H34IN3O4S. The highest BCUT2D eigenvalue weighted by Crippen LogP contribution is 2.23. The van der Waals surface area contributed by atoms with Crippen molar-refractivity contribution in [2.24, 2.45) is 16.8 Å². The van der Waals surface area contributed by atoms with Gasteiger partial charge >= 0.3 is 0 Å². The molecule has 2 heterocycles. The SMILES string of the molecule is CCNC(=NCc1ccc(C)cc1OCC1CCOC1)NCC1CCS(=O)(=O)C1.I. The number of nitrogens with zero attached hydrogens (tertiary/aromatic N) is 1. The fourth-order valence-electron chi connectivity index (χ4n) is 3.63. The first kappa shape index (κ1) is 25.2. The highest BCUT2D eigenvalue weighted by Gasteiger charge is 2.27. The molecule has 0 aliphatic carbocycles. The van der Waals surface area contributed by atoms with E-state index in [1.54, 1.807) is 0 Å². The van der Waals surface area contributed by atoms with E-state index >= 15 is 0 Å². The largest absolute Gasteiger partial charge is 0.493 e. The lowest BCUT2D eigenvalue weighted by Crippen LogP contribution is -2.40. The van der Waals surface area contributed by atoms with Crippen molar-refractivity contribution in [1.29, 1.82) is 0 Å². The number of benzene rings is 1. The van der Waals surface area contributed by atoms with Crippen LogP contribution in [0.15, 0.2) is 23.2 Å². The minimum absolute atomic E-state index is 0. The van der Waals surface area contributed by atoms with E-state index in [1.807, 2.05) is 6.92 Å². The third-order valence-corrected chi connectivity index (χ3v) is 7.19. The van der Waals surface area contributed by atoms with Crippen LogP contribution in [0.4, 0.5) is 0 Å².